The van der Waals surface area contributed by atoms with E-state index in [0.29, 0.717) is 0 Å². The molecule has 2 aromatic rings. The van der Waals surface area contributed by atoms with Crippen LogP contribution >= 0.6 is 15.9 Å². The van der Waals surface area contributed by atoms with Gasteiger partial charge in [-0.2, -0.15) is 0 Å². The Morgan fingerprint density at radius 2 is 1.83 bits per heavy atom. The first kappa shape index (κ1) is 11.5. The zero-order valence-electron chi connectivity index (χ0n) is 9.91. The van der Waals surface area contributed by atoms with Crippen molar-refractivity contribution in [3.63, 3.8) is 0 Å². The lowest BCUT2D eigenvalue weighted by molar-refractivity contribution is -0.114. The molecule has 90 valence electrons. The van der Waals surface area contributed by atoms with E-state index in [2.05, 4.69) is 45.5 Å². The van der Waals surface area contributed by atoms with Crippen molar-refractivity contribution in [2.24, 2.45) is 0 Å². The molecule has 0 heterocycles. The summed E-state index contributed by atoms with van der Waals surface area (Å²) in [5.74, 6) is -0.0448. The summed E-state index contributed by atoms with van der Waals surface area (Å²) in [4.78, 5) is 11.3. The van der Waals surface area contributed by atoms with Gasteiger partial charge in [-0.3, -0.25) is 4.79 Å². The predicted molar refractivity (Wildman–Crippen MR) is 77.0 cm³/mol. The maximum atomic E-state index is 11.1. The number of halogens is 1. The van der Waals surface area contributed by atoms with E-state index in [1.807, 2.05) is 18.2 Å². The first-order chi connectivity index (χ1) is 8.66. The standard InChI is InChI=1S/C15H12BrNO/c1-9(18)17-10-6-7-12-11-4-2-3-5-13(11)15(16)14(12)8-10/h2-8,15H,1H3,(H,17,18). The Morgan fingerprint density at radius 3 is 2.61 bits per heavy atom. The van der Waals surface area contributed by atoms with E-state index in [1.165, 1.54) is 29.2 Å². The molecule has 0 radical (unpaired) electrons. The van der Waals surface area contributed by atoms with Gasteiger partial charge in [-0.1, -0.05) is 46.3 Å². The summed E-state index contributed by atoms with van der Waals surface area (Å²) in [5, 5.41) is 2.82. The van der Waals surface area contributed by atoms with Gasteiger partial charge in [0, 0.05) is 12.6 Å². The van der Waals surface area contributed by atoms with Gasteiger partial charge in [0.05, 0.1) is 4.83 Å². The van der Waals surface area contributed by atoms with Gasteiger partial charge in [-0.25, -0.2) is 0 Å². The minimum atomic E-state index is -0.0448. The van der Waals surface area contributed by atoms with Crippen molar-refractivity contribution in [1.29, 1.82) is 0 Å². The second kappa shape index (κ2) is 4.25. The number of nitrogens with one attached hydrogen (secondary N) is 1. The molecule has 18 heavy (non-hydrogen) atoms. The third-order valence-corrected chi connectivity index (χ3v) is 4.16. The summed E-state index contributed by atoms with van der Waals surface area (Å²) in [6.45, 7) is 1.52. The van der Waals surface area contributed by atoms with E-state index < -0.39 is 0 Å². The lowest BCUT2D eigenvalue weighted by Crippen LogP contribution is -2.05. The number of anilines is 1. The van der Waals surface area contributed by atoms with E-state index in [0.717, 1.165) is 5.69 Å². The van der Waals surface area contributed by atoms with E-state index in [-0.39, 0.29) is 10.7 Å². The molecule has 1 N–H and O–H groups in total. The molecule has 0 aromatic heterocycles. The molecule has 1 atom stereocenters. The quantitative estimate of drug-likeness (QED) is 0.789. The molecular formula is C15H12BrNO. The highest BCUT2D eigenvalue weighted by Crippen LogP contribution is 2.48. The number of carbonyl (C=O) groups is 1. The smallest absolute Gasteiger partial charge is 0.221 e. The van der Waals surface area contributed by atoms with Crippen LogP contribution < -0.4 is 5.32 Å². The van der Waals surface area contributed by atoms with E-state index >= 15 is 0 Å². The minimum absolute atomic E-state index is 0.0448. The third kappa shape index (κ3) is 1.75. The Kier molecular flexibility index (Phi) is 2.71. The fourth-order valence-corrected chi connectivity index (χ4v) is 3.21. The minimum Gasteiger partial charge on any atom is -0.326 e. The normalized spacial score (nSPS) is 16.0. The Labute approximate surface area is 114 Å². The van der Waals surface area contributed by atoms with E-state index in [1.54, 1.807) is 0 Å². The molecular weight excluding hydrogens is 290 g/mol. The van der Waals surface area contributed by atoms with Gasteiger partial charge < -0.3 is 5.32 Å². The molecule has 1 aliphatic carbocycles. The topological polar surface area (TPSA) is 29.1 Å². The van der Waals surface area contributed by atoms with Crippen LogP contribution in [0.3, 0.4) is 0 Å². The maximum absolute atomic E-state index is 11.1. The summed E-state index contributed by atoms with van der Waals surface area (Å²) in [5.41, 5.74) is 5.85. The largest absolute Gasteiger partial charge is 0.326 e. The van der Waals surface area contributed by atoms with Crippen LogP contribution in [0.5, 0.6) is 0 Å². The zero-order chi connectivity index (χ0) is 12.7. The molecule has 0 saturated carbocycles. The molecule has 2 aromatic carbocycles. The van der Waals surface area contributed by atoms with Crippen LogP contribution in [0, 0.1) is 0 Å². The van der Waals surface area contributed by atoms with Crippen LogP contribution in [0.15, 0.2) is 42.5 Å². The van der Waals surface area contributed by atoms with Crippen LogP contribution in [0.4, 0.5) is 5.69 Å². The number of fused-ring (bicyclic) bond motifs is 3. The van der Waals surface area contributed by atoms with Crippen molar-refractivity contribution >= 4 is 27.5 Å². The van der Waals surface area contributed by atoms with Crippen molar-refractivity contribution in [2.75, 3.05) is 5.32 Å². The van der Waals surface area contributed by atoms with Gasteiger partial charge in [-0.05, 0) is 34.4 Å². The molecule has 0 saturated heterocycles. The number of amides is 1. The first-order valence-electron chi connectivity index (χ1n) is 5.82. The molecule has 3 rings (SSSR count). The average molecular weight is 302 g/mol. The molecule has 2 nitrogen and oxygen atoms in total. The Bertz CT molecular complexity index is 636. The molecule has 0 bridgehead atoms. The summed E-state index contributed by atoms with van der Waals surface area (Å²) < 4.78 is 0. The Hall–Kier alpha value is -1.61. The zero-order valence-corrected chi connectivity index (χ0v) is 11.5. The number of carbonyl (C=O) groups excluding carboxylic acids is 1. The van der Waals surface area contributed by atoms with Crippen LogP contribution in [0.25, 0.3) is 11.1 Å². The molecule has 1 amide bonds. The molecule has 0 fully saturated rings. The summed E-state index contributed by atoms with van der Waals surface area (Å²) in [7, 11) is 0. The lowest BCUT2D eigenvalue weighted by Gasteiger charge is -2.07. The molecule has 3 heteroatoms. The fourth-order valence-electron chi connectivity index (χ4n) is 2.43. The van der Waals surface area contributed by atoms with Crippen LogP contribution in [-0.4, -0.2) is 5.91 Å². The van der Waals surface area contributed by atoms with Crippen molar-refractivity contribution in [3.05, 3.63) is 53.6 Å². The van der Waals surface area contributed by atoms with Gasteiger partial charge in [0.15, 0.2) is 0 Å². The second-order valence-electron chi connectivity index (χ2n) is 4.43. The molecule has 1 unspecified atom stereocenters. The van der Waals surface area contributed by atoms with Crippen molar-refractivity contribution in [1.82, 2.24) is 0 Å². The second-order valence-corrected chi connectivity index (χ2v) is 5.35. The monoisotopic (exact) mass is 301 g/mol. The SMILES string of the molecule is CC(=O)Nc1ccc2c(c1)C(Br)c1ccccc1-2. The summed E-state index contributed by atoms with van der Waals surface area (Å²) in [6, 6.07) is 14.4. The average Bonchev–Trinajstić information content (AvgIpc) is 2.63. The van der Waals surface area contributed by atoms with Crippen LogP contribution in [0.1, 0.15) is 22.9 Å². The first-order valence-corrected chi connectivity index (χ1v) is 6.73. The van der Waals surface area contributed by atoms with Crippen LogP contribution in [0.2, 0.25) is 0 Å². The Morgan fingerprint density at radius 1 is 1.11 bits per heavy atom. The van der Waals surface area contributed by atoms with Crippen molar-refractivity contribution < 1.29 is 4.79 Å². The highest BCUT2D eigenvalue weighted by molar-refractivity contribution is 9.09. The Balaban J connectivity index is 2.10. The molecule has 0 aliphatic heterocycles. The maximum Gasteiger partial charge on any atom is 0.221 e. The van der Waals surface area contributed by atoms with Gasteiger partial charge in [-0.15, -0.1) is 0 Å². The number of alkyl halides is 1. The lowest BCUT2D eigenvalue weighted by atomic mass is 10.1. The van der Waals surface area contributed by atoms with Gasteiger partial charge >= 0.3 is 0 Å². The highest BCUT2D eigenvalue weighted by Gasteiger charge is 2.26. The van der Waals surface area contributed by atoms with Crippen molar-refractivity contribution in [3.8, 4) is 11.1 Å². The number of hydrogen-bond acceptors (Lipinski definition) is 1. The van der Waals surface area contributed by atoms with Gasteiger partial charge in [0.2, 0.25) is 5.91 Å². The predicted octanol–water partition coefficient (Wildman–Crippen LogP) is 4.11. The van der Waals surface area contributed by atoms with E-state index in [9.17, 15) is 4.79 Å². The number of hydrogen-bond donors (Lipinski definition) is 1. The number of benzene rings is 2. The van der Waals surface area contributed by atoms with Crippen LogP contribution in [-0.2, 0) is 4.79 Å². The molecule has 1 aliphatic rings. The summed E-state index contributed by atoms with van der Waals surface area (Å²) >= 11 is 3.72. The van der Waals surface area contributed by atoms with E-state index in [4.69, 9.17) is 0 Å². The van der Waals surface area contributed by atoms with Gasteiger partial charge in [0.25, 0.3) is 0 Å². The van der Waals surface area contributed by atoms with Crippen molar-refractivity contribution in [2.45, 2.75) is 11.8 Å². The third-order valence-electron chi connectivity index (χ3n) is 3.17. The number of rotatable bonds is 1. The molecule has 0 spiro atoms. The summed E-state index contributed by atoms with van der Waals surface area (Å²) in [6.07, 6.45) is 0. The highest BCUT2D eigenvalue weighted by atomic mass is 79.9. The fraction of sp³-hybridized carbons (Fsp3) is 0.133. The van der Waals surface area contributed by atoms with Gasteiger partial charge in [0.1, 0.15) is 0 Å².